The van der Waals surface area contributed by atoms with Crippen molar-refractivity contribution >= 4 is 22.6 Å². The number of aliphatic hydroxyl groups excluding tert-OH is 1. The van der Waals surface area contributed by atoms with E-state index in [1.807, 2.05) is 12.1 Å². The van der Waals surface area contributed by atoms with Gasteiger partial charge in [-0.25, -0.2) is 9.37 Å². The number of aromatic nitrogens is 3. The molecule has 1 aliphatic heterocycles. The second-order valence-electron chi connectivity index (χ2n) is 7.06. The zero-order valence-electron chi connectivity index (χ0n) is 14.9. The van der Waals surface area contributed by atoms with Crippen molar-refractivity contribution in [3.63, 3.8) is 0 Å². The van der Waals surface area contributed by atoms with E-state index < -0.39 is 0 Å². The molecule has 0 unspecified atom stereocenters. The van der Waals surface area contributed by atoms with Gasteiger partial charge in [0.25, 0.3) is 0 Å². The van der Waals surface area contributed by atoms with Crippen LogP contribution in [-0.4, -0.2) is 38.3 Å². The lowest BCUT2D eigenvalue weighted by Gasteiger charge is -2.29. The smallest absolute Gasteiger partial charge is 0.142 e. The number of pyridine rings is 1. The van der Waals surface area contributed by atoms with Crippen LogP contribution >= 0.6 is 11.6 Å². The van der Waals surface area contributed by atoms with Crippen molar-refractivity contribution in [3.05, 3.63) is 47.8 Å². The molecule has 4 rings (SSSR count). The van der Waals surface area contributed by atoms with Gasteiger partial charge in [-0.3, -0.25) is 4.98 Å². The van der Waals surface area contributed by atoms with Gasteiger partial charge in [-0.2, -0.15) is 0 Å². The number of nitrogens with zero attached hydrogens (tertiary/aromatic N) is 3. The molecule has 5 nitrogen and oxygen atoms in total. The first-order valence-corrected chi connectivity index (χ1v) is 9.66. The van der Waals surface area contributed by atoms with Gasteiger partial charge in [-0.15, -0.1) is 0 Å². The van der Waals surface area contributed by atoms with Gasteiger partial charge in [-0.05, 0) is 50.4 Å². The molecule has 0 radical (unpaired) electrons. The van der Waals surface area contributed by atoms with Crippen LogP contribution in [-0.2, 0) is 6.54 Å². The van der Waals surface area contributed by atoms with Crippen molar-refractivity contribution in [1.29, 1.82) is 0 Å². The predicted octanol–water partition coefficient (Wildman–Crippen LogP) is 4.42. The molecule has 0 bridgehead atoms. The first-order valence-electron chi connectivity index (χ1n) is 9.28. The van der Waals surface area contributed by atoms with Gasteiger partial charge in [0.05, 0.1) is 29.7 Å². The van der Waals surface area contributed by atoms with E-state index in [9.17, 15) is 9.50 Å². The van der Waals surface area contributed by atoms with Crippen molar-refractivity contribution in [3.8, 4) is 11.1 Å². The molecule has 1 fully saturated rings. The van der Waals surface area contributed by atoms with E-state index in [0.29, 0.717) is 10.6 Å². The molecule has 2 atom stereocenters. The van der Waals surface area contributed by atoms with Crippen molar-refractivity contribution in [1.82, 2.24) is 19.9 Å². The summed E-state index contributed by atoms with van der Waals surface area (Å²) in [5.74, 6) is -0.385. The SMILES string of the molecule is C.O[C@H]1CCCN[C@@H]1CCCn1cnc2cc(Cl)cc(-c3cncc(F)c3)c21. The number of aliphatic hydroxyl groups is 1. The van der Waals surface area contributed by atoms with Gasteiger partial charge in [-0.1, -0.05) is 19.0 Å². The van der Waals surface area contributed by atoms with Crippen LogP contribution in [0.4, 0.5) is 4.39 Å². The van der Waals surface area contributed by atoms with Crippen LogP contribution in [0, 0.1) is 5.82 Å². The molecule has 28 heavy (non-hydrogen) atoms. The molecule has 7 heteroatoms. The molecule has 3 heterocycles. The molecule has 1 saturated heterocycles. The number of hydrogen-bond acceptors (Lipinski definition) is 4. The van der Waals surface area contributed by atoms with E-state index in [4.69, 9.17) is 11.6 Å². The number of rotatable bonds is 5. The summed E-state index contributed by atoms with van der Waals surface area (Å²) in [5.41, 5.74) is 3.19. The Balaban J connectivity index is 0.00000225. The predicted molar refractivity (Wildman–Crippen MR) is 111 cm³/mol. The molecule has 2 aromatic heterocycles. The number of piperidine rings is 1. The van der Waals surface area contributed by atoms with Crippen LogP contribution in [0.25, 0.3) is 22.2 Å². The molecular formula is C21H26ClFN4O. The Bertz CT molecular complexity index is 945. The summed E-state index contributed by atoms with van der Waals surface area (Å²) < 4.78 is 15.7. The molecule has 1 aromatic carbocycles. The maximum absolute atomic E-state index is 13.7. The van der Waals surface area contributed by atoms with Crippen molar-refractivity contribution in [2.75, 3.05) is 6.54 Å². The maximum Gasteiger partial charge on any atom is 0.142 e. The summed E-state index contributed by atoms with van der Waals surface area (Å²) >= 11 is 6.25. The maximum atomic E-state index is 13.7. The van der Waals surface area contributed by atoms with Crippen LogP contribution in [0.15, 0.2) is 36.9 Å². The second-order valence-corrected chi connectivity index (χ2v) is 7.50. The fourth-order valence-corrected chi connectivity index (χ4v) is 4.05. The Kier molecular flexibility index (Phi) is 6.65. The fraction of sp³-hybridized carbons (Fsp3) is 0.429. The van der Waals surface area contributed by atoms with Gasteiger partial charge in [0.15, 0.2) is 0 Å². The Labute approximate surface area is 169 Å². The lowest BCUT2D eigenvalue weighted by Crippen LogP contribution is -2.44. The van der Waals surface area contributed by atoms with Crippen molar-refractivity contribution in [2.45, 2.75) is 51.8 Å². The van der Waals surface area contributed by atoms with E-state index in [2.05, 4.69) is 19.9 Å². The molecule has 3 aromatic rings. The van der Waals surface area contributed by atoms with Crippen LogP contribution in [0.5, 0.6) is 0 Å². The molecule has 0 aliphatic carbocycles. The number of aryl methyl sites for hydroxylation is 1. The summed E-state index contributed by atoms with van der Waals surface area (Å²) in [4.78, 5) is 8.43. The highest BCUT2D eigenvalue weighted by molar-refractivity contribution is 6.31. The zero-order valence-corrected chi connectivity index (χ0v) is 15.7. The van der Waals surface area contributed by atoms with Crippen LogP contribution in [0.1, 0.15) is 33.1 Å². The van der Waals surface area contributed by atoms with Gasteiger partial charge in [0.1, 0.15) is 5.82 Å². The van der Waals surface area contributed by atoms with E-state index in [1.54, 1.807) is 12.5 Å². The summed E-state index contributed by atoms with van der Waals surface area (Å²) in [6.07, 6.45) is 8.03. The fourth-order valence-electron chi connectivity index (χ4n) is 3.84. The zero-order chi connectivity index (χ0) is 18.8. The van der Waals surface area contributed by atoms with Gasteiger partial charge >= 0.3 is 0 Å². The number of halogens is 2. The third-order valence-electron chi connectivity index (χ3n) is 5.16. The van der Waals surface area contributed by atoms with E-state index in [-0.39, 0.29) is 25.4 Å². The number of imidazole rings is 1. The summed E-state index contributed by atoms with van der Waals surface area (Å²) in [5, 5.41) is 14.1. The molecule has 0 amide bonds. The number of hydrogen-bond donors (Lipinski definition) is 2. The van der Waals surface area contributed by atoms with Gasteiger partial charge in [0, 0.05) is 34.9 Å². The van der Waals surface area contributed by atoms with E-state index in [0.717, 1.165) is 55.4 Å². The summed E-state index contributed by atoms with van der Waals surface area (Å²) in [6, 6.07) is 5.24. The Morgan fingerprint density at radius 1 is 1.29 bits per heavy atom. The average molecular weight is 405 g/mol. The molecular weight excluding hydrogens is 379 g/mol. The Hall–Kier alpha value is -2.02. The third kappa shape index (κ3) is 4.35. The Morgan fingerprint density at radius 2 is 2.14 bits per heavy atom. The van der Waals surface area contributed by atoms with Crippen molar-refractivity contribution < 1.29 is 9.50 Å². The minimum atomic E-state index is -0.385. The lowest BCUT2D eigenvalue weighted by atomic mass is 9.97. The number of fused-ring (bicyclic) bond motifs is 1. The largest absolute Gasteiger partial charge is 0.392 e. The topological polar surface area (TPSA) is 63.0 Å². The highest BCUT2D eigenvalue weighted by atomic mass is 35.5. The Morgan fingerprint density at radius 3 is 2.93 bits per heavy atom. The highest BCUT2D eigenvalue weighted by Crippen LogP contribution is 2.32. The standard InChI is InChI=1S/C20H22ClFN4O.CH4/c21-14-8-16(13-7-15(22)11-23-10-13)20-18(9-14)25-12-26(20)6-2-3-17-19(27)4-1-5-24-17;/h7-12,17,19,24,27H,1-6H2;1H4/t17-,19+;/m1./s1. The van der Waals surface area contributed by atoms with Gasteiger partial charge < -0.3 is 15.0 Å². The average Bonchev–Trinajstić information content (AvgIpc) is 3.05. The van der Waals surface area contributed by atoms with Crippen LogP contribution in [0.3, 0.4) is 0 Å². The summed E-state index contributed by atoms with van der Waals surface area (Å²) in [7, 11) is 0. The minimum Gasteiger partial charge on any atom is -0.392 e. The number of nitrogens with one attached hydrogen (secondary N) is 1. The monoisotopic (exact) mass is 404 g/mol. The highest BCUT2D eigenvalue weighted by Gasteiger charge is 2.22. The molecule has 0 saturated carbocycles. The quantitative estimate of drug-likeness (QED) is 0.660. The minimum absolute atomic E-state index is 0. The summed E-state index contributed by atoms with van der Waals surface area (Å²) in [6.45, 7) is 1.73. The van der Waals surface area contributed by atoms with Crippen molar-refractivity contribution in [2.24, 2.45) is 0 Å². The van der Waals surface area contributed by atoms with Gasteiger partial charge in [0.2, 0.25) is 0 Å². The first kappa shape index (κ1) is 20.7. The molecule has 150 valence electrons. The number of benzene rings is 1. The normalized spacial score (nSPS) is 19.5. The molecule has 1 aliphatic rings. The van der Waals surface area contributed by atoms with Crippen LogP contribution < -0.4 is 5.32 Å². The first-order chi connectivity index (χ1) is 13.1. The van der Waals surface area contributed by atoms with E-state index >= 15 is 0 Å². The van der Waals surface area contributed by atoms with E-state index in [1.165, 1.54) is 12.3 Å². The van der Waals surface area contributed by atoms with Crippen LogP contribution in [0.2, 0.25) is 5.02 Å². The third-order valence-corrected chi connectivity index (χ3v) is 5.37. The molecule has 0 spiro atoms. The second kappa shape index (κ2) is 8.99. The lowest BCUT2D eigenvalue weighted by molar-refractivity contribution is 0.0909. The molecule has 2 N–H and O–H groups in total.